The first kappa shape index (κ1) is 15.0. The summed E-state index contributed by atoms with van der Waals surface area (Å²) in [4.78, 5) is 7.20. The molecular formula is C17H27N3. The highest BCUT2D eigenvalue weighted by atomic mass is 15.2. The Labute approximate surface area is 123 Å². The molecule has 2 heterocycles. The number of pyridine rings is 1. The Balaban J connectivity index is 2.21. The van der Waals surface area contributed by atoms with Crippen LogP contribution < -0.4 is 10.2 Å². The van der Waals surface area contributed by atoms with E-state index >= 15 is 0 Å². The van der Waals surface area contributed by atoms with Crippen molar-refractivity contribution in [1.29, 1.82) is 0 Å². The highest BCUT2D eigenvalue weighted by Gasteiger charge is 2.16. The number of aryl methyl sites for hydroxylation is 2. The van der Waals surface area contributed by atoms with Gasteiger partial charge in [-0.1, -0.05) is 26.0 Å². The first-order valence-corrected chi connectivity index (χ1v) is 7.65. The van der Waals surface area contributed by atoms with Crippen molar-refractivity contribution in [2.24, 2.45) is 5.92 Å². The van der Waals surface area contributed by atoms with Crippen LogP contribution in [0.2, 0.25) is 0 Å². The number of hydrogen-bond donors (Lipinski definition) is 1. The number of nitrogens with one attached hydrogen (secondary N) is 1. The average Bonchev–Trinajstić information content (AvgIpc) is 2.41. The van der Waals surface area contributed by atoms with E-state index in [2.05, 4.69) is 56.1 Å². The van der Waals surface area contributed by atoms with E-state index in [0.29, 0.717) is 5.92 Å². The van der Waals surface area contributed by atoms with Crippen molar-refractivity contribution in [1.82, 2.24) is 10.3 Å². The molecule has 0 bridgehead atoms. The molecule has 1 aromatic heterocycles. The fourth-order valence-electron chi connectivity index (χ4n) is 2.64. The predicted octanol–water partition coefficient (Wildman–Crippen LogP) is 3.21. The number of hydrogen-bond acceptors (Lipinski definition) is 3. The SMILES string of the molecule is Cc1cc(C)c(CNCC(C)C)c(N2CC=CCC2)n1. The molecule has 0 aliphatic carbocycles. The summed E-state index contributed by atoms with van der Waals surface area (Å²) in [6.45, 7) is 12.8. The molecule has 0 fully saturated rings. The molecule has 20 heavy (non-hydrogen) atoms. The minimum absolute atomic E-state index is 0.676. The molecule has 0 aromatic carbocycles. The van der Waals surface area contributed by atoms with Crippen molar-refractivity contribution in [3.05, 3.63) is 35.0 Å². The first-order valence-electron chi connectivity index (χ1n) is 7.65. The summed E-state index contributed by atoms with van der Waals surface area (Å²) < 4.78 is 0. The first-order chi connectivity index (χ1) is 9.58. The van der Waals surface area contributed by atoms with E-state index in [1.165, 1.54) is 16.9 Å². The highest BCUT2D eigenvalue weighted by Crippen LogP contribution is 2.24. The van der Waals surface area contributed by atoms with Gasteiger partial charge in [-0.15, -0.1) is 0 Å². The highest BCUT2D eigenvalue weighted by molar-refractivity contribution is 5.52. The standard InChI is InChI=1S/C17H27N3/c1-13(2)11-18-12-16-14(3)10-15(4)19-17(16)20-8-6-5-7-9-20/h5-6,10,13,18H,7-9,11-12H2,1-4H3. The lowest BCUT2D eigenvalue weighted by Crippen LogP contribution is -2.30. The van der Waals surface area contributed by atoms with E-state index in [9.17, 15) is 0 Å². The van der Waals surface area contributed by atoms with Gasteiger partial charge in [0.25, 0.3) is 0 Å². The zero-order valence-electron chi connectivity index (χ0n) is 13.2. The topological polar surface area (TPSA) is 28.2 Å². The van der Waals surface area contributed by atoms with Crippen LogP contribution in [0.3, 0.4) is 0 Å². The van der Waals surface area contributed by atoms with Gasteiger partial charge in [0.2, 0.25) is 0 Å². The van der Waals surface area contributed by atoms with Crippen LogP contribution in [0, 0.1) is 19.8 Å². The van der Waals surface area contributed by atoms with Crippen LogP contribution in [-0.4, -0.2) is 24.6 Å². The third-order valence-electron chi connectivity index (χ3n) is 3.67. The lowest BCUT2D eigenvalue weighted by molar-refractivity contribution is 0.550. The van der Waals surface area contributed by atoms with Crippen LogP contribution in [0.4, 0.5) is 5.82 Å². The van der Waals surface area contributed by atoms with Gasteiger partial charge in [0.15, 0.2) is 0 Å². The maximum absolute atomic E-state index is 4.81. The van der Waals surface area contributed by atoms with Crippen LogP contribution in [0.1, 0.15) is 37.1 Å². The molecule has 0 atom stereocenters. The lowest BCUT2D eigenvalue weighted by Gasteiger charge is -2.28. The third-order valence-corrected chi connectivity index (χ3v) is 3.67. The lowest BCUT2D eigenvalue weighted by atomic mass is 10.1. The molecule has 0 radical (unpaired) electrons. The summed E-state index contributed by atoms with van der Waals surface area (Å²) in [5, 5.41) is 3.56. The molecule has 0 saturated carbocycles. The van der Waals surface area contributed by atoms with Crippen molar-refractivity contribution in [2.75, 3.05) is 24.5 Å². The van der Waals surface area contributed by atoms with Crippen molar-refractivity contribution in [3.63, 3.8) is 0 Å². The van der Waals surface area contributed by atoms with Crippen LogP contribution in [-0.2, 0) is 6.54 Å². The number of nitrogens with zero attached hydrogens (tertiary/aromatic N) is 2. The summed E-state index contributed by atoms with van der Waals surface area (Å²) >= 11 is 0. The predicted molar refractivity (Wildman–Crippen MR) is 86.2 cm³/mol. The van der Waals surface area contributed by atoms with Crippen molar-refractivity contribution >= 4 is 5.82 Å². The molecule has 2 rings (SSSR count). The van der Waals surface area contributed by atoms with E-state index in [1.54, 1.807) is 0 Å². The summed E-state index contributed by atoms with van der Waals surface area (Å²) in [6, 6.07) is 2.19. The molecule has 1 N–H and O–H groups in total. The fourth-order valence-corrected chi connectivity index (χ4v) is 2.64. The van der Waals surface area contributed by atoms with Crippen LogP contribution in [0.25, 0.3) is 0 Å². The van der Waals surface area contributed by atoms with Crippen molar-refractivity contribution < 1.29 is 0 Å². The molecular weight excluding hydrogens is 246 g/mol. The number of aromatic nitrogens is 1. The molecule has 0 unspecified atom stereocenters. The second-order valence-electron chi connectivity index (χ2n) is 6.11. The second-order valence-corrected chi connectivity index (χ2v) is 6.11. The van der Waals surface area contributed by atoms with Gasteiger partial charge in [0.05, 0.1) is 0 Å². The van der Waals surface area contributed by atoms with Gasteiger partial charge in [-0.2, -0.15) is 0 Å². The van der Waals surface area contributed by atoms with Crippen molar-refractivity contribution in [3.8, 4) is 0 Å². The van der Waals surface area contributed by atoms with Gasteiger partial charge < -0.3 is 10.2 Å². The normalized spacial score (nSPS) is 15.2. The Morgan fingerprint density at radius 1 is 1.30 bits per heavy atom. The Morgan fingerprint density at radius 3 is 2.75 bits per heavy atom. The Hall–Kier alpha value is -1.35. The van der Waals surface area contributed by atoms with Crippen LogP contribution in [0.15, 0.2) is 18.2 Å². The van der Waals surface area contributed by atoms with Gasteiger partial charge in [0.1, 0.15) is 5.82 Å². The van der Waals surface area contributed by atoms with Gasteiger partial charge in [0, 0.05) is 30.9 Å². The maximum Gasteiger partial charge on any atom is 0.133 e. The molecule has 0 spiro atoms. The monoisotopic (exact) mass is 273 g/mol. The smallest absolute Gasteiger partial charge is 0.133 e. The summed E-state index contributed by atoms with van der Waals surface area (Å²) in [6.07, 6.45) is 5.62. The van der Waals surface area contributed by atoms with Gasteiger partial charge in [-0.25, -0.2) is 4.98 Å². The number of anilines is 1. The largest absolute Gasteiger partial charge is 0.352 e. The fraction of sp³-hybridized carbons (Fsp3) is 0.588. The van der Waals surface area contributed by atoms with E-state index in [4.69, 9.17) is 4.98 Å². The molecule has 0 amide bonds. The Morgan fingerprint density at radius 2 is 2.10 bits per heavy atom. The molecule has 3 heteroatoms. The van der Waals surface area contributed by atoms with E-state index in [0.717, 1.165) is 38.3 Å². The Kier molecular flexibility index (Phi) is 5.18. The van der Waals surface area contributed by atoms with Gasteiger partial charge in [-0.05, 0) is 44.4 Å². The minimum Gasteiger partial charge on any atom is -0.352 e. The molecule has 3 nitrogen and oxygen atoms in total. The maximum atomic E-state index is 4.81. The van der Waals surface area contributed by atoms with E-state index < -0.39 is 0 Å². The zero-order chi connectivity index (χ0) is 14.5. The molecule has 0 saturated heterocycles. The second kappa shape index (κ2) is 6.89. The average molecular weight is 273 g/mol. The summed E-state index contributed by atoms with van der Waals surface area (Å²) in [7, 11) is 0. The number of rotatable bonds is 5. The zero-order valence-corrected chi connectivity index (χ0v) is 13.2. The van der Waals surface area contributed by atoms with Crippen molar-refractivity contribution in [2.45, 2.75) is 40.7 Å². The Bertz CT molecular complexity index is 477. The van der Waals surface area contributed by atoms with Gasteiger partial charge in [-0.3, -0.25) is 0 Å². The van der Waals surface area contributed by atoms with Crippen LogP contribution >= 0.6 is 0 Å². The third kappa shape index (κ3) is 3.83. The molecule has 110 valence electrons. The molecule has 1 aromatic rings. The van der Waals surface area contributed by atoms with Crippen LogP contribution in [0.5, 0.6) is 0 Å². The van der Waals surface area contributed by atoms with E-state index in [-0.39, 0.29) is 0 Å². The minimum atomic E-state index is 0.676. The molecule has 1 aliphatic heterocycles. The van der Waals surface area contributed by atoms with E-state index in [1.807, 2.05) is 0 Å². The quantitative estimate of drug-likeness (QED) is 0.835. The van der Waals surface area contributed by atoms with Gasteiger partial charge >= 0.3 is 0 Å². The summed E-state index contributed by atoms with van der Waals surface area (Å²) in [5.41, 5.74) is 3.81. The summed E-state index contributed by atoms with van der Waals surface area (Å²) in [5.74, 6) is 1.85. The molecule has 1 aliphatic rings.